The van der Waals surface area contributed by atoms with E-state index in [9.17, 15) is 14.4 Å². The highest BCUT2D eigenvalue weighted by Gasteiger charge is 2.38. The molecule has 6 heteroatoms. The molecular weight excluding hydrogens is 320 g/mol. The molecule has 0 aromatic rings. The van der Waals surface area contributed by atoms with Gasteiger partial charge in [0.15, 0.2) is 0 Å². The lowest BCUT2D eigenvalue weighted by atomic mass is 9.86. The van der Waals surface area contributed by atoms with Crippen LogP contribution in [0, 0.1) is 11.8 Å². The summed E-state index contributed by atoms with van der Waals surface area (Å²) < 4.78 is 0. The van der Waals surface area contributed by atoms with Crippen LogP contribution in [-0.4, -0.2) is 46.4 Å². The lowest BCUT2D eigenvalue weighted by Gasteiger charge is -2.29. The van der Waals surface area contributed by atoms with Gasteiger partial charge in [-0.3, -0.25) is 14.4 Å². The molecule has 3 aliphatic rings. The van der Waals surface area contributed by atoms with Crippen LogP contribution in [0.3, 0.4) is 0 Å². The molecule has 0 aromatic heterocycles. The van der Waals surface area contributed by atoms with Gasteiger partial charge in [0.2, 0.25) is 11.8 Å². The Balaban J connectivity index is 1.48. The molecule has 2 amide bonds. The van der Waals surface area contributed by atoms with Gasteiger partial charge in [-0.1, -0.05) is 25.7 Å². The standard InChI is InChI=1S/C19H30N2O4/c22-17-11-14(12-21(17)16-5-3-1-2-4-6-16)18(23)20-15-9-7-13(8-10-15)19(24)25/h13-16H,1-12H2,(H,20,23)(H,24,25)/t13?,14-,15?/m1/s1. The largest absolute Gasteiger partial charge is 0.481 e. The van der Waals surface area contributed by atoms with Crippen molar-refractivity contribution in [2.24, 2.45) is 11.8 Å². The van der Waals surface area contributed by atoms with Gasteiger partial charge in [-0.25, -0.2) is 0 Å². The Hall–Kier alpha value is -1.59. The summed E-state index contributed by atoms with van der Waals surface area (Å²) in [7, 11) is 0. The van der Waals surface area contributed by atoms with Crippen molar-refractivity contribution in [3.05, 3.63) is 0 Å². The van der Waals surface area contributed by atoms with Gasteiger partial charge >= 0.3 is 5.97 Å². The Morgan fingerprint density at radius 1 is 0.920 bits per heavy atom. The van der Waals surface area contributed by atoms with Crippen LogP contribution in [0.4, 0.5) is 0 Å². The monoisotopic (exact) mass is 350 g/mol. The highest BCUT2D eigenvalue weighted by Crippen LogP contribution is 2.29. The number of likely N-dealkylation sites (tertiary alicyclic amines) is 1. The Labute approximate surface area is 149 Å². The predicted octanol–water partition coefficient (Wildman–Crippen LogP) is 2.32. The Morgan fingerprint density at radius 2 is 1.56 bits per heavy atom. The van der Waals surface area contributed by atoms with Crippen molar-refractivity contribution < 1.29 is 19.5 Å². The molecule has 1 heterocycles. The molecule has 1 atom stereocenters. The molecule has 2 aliphatic carbocycles. The smallest absolute Gasteiger partial charge is 0.306 e. The van der Waals surface area contributed by atoms with Gasteiger partial charge in [-0.2, -0.15) is 0 Å². The molecule has 6 nitrogen and oxygen atoms in total. The number of carbonyl (C=O) groups is 3. The molecule has 140 valence electrons. The Morgan fingerprint density at radius 3 is 2.16 bits per heavy atom. The van der Waals surface area contributed by atoms with Crippen LogP contribution in [-0.2, 0) is 14.4 Å². The molecule has 1 aliphatic heterocycles. The minimum absolute atomic E-state index is 0.0248. The third kappa shape index (κ3) is 4.53. The van der Waals surface area contributed by atoms with Gasteiger partial charge in [0.05, 0.1) is 11.8 Å². The minimum atomic E-state index is -0.731. The molecule has 1 saturated heterocycles. The molecule has 25 heavy (non-hydrogen) atoms. The van der Waals surface area contributed by atoms with Gasteiger partial charge in [-0.05, 0) is 38.5 Å². The van der Waals surface area contributed by atoms with Crippen molar-refractivity contribution in [1.82, 2.24) is 10.2 Å². The fourth-order valence-electron chi connectivity index (χ4n) is 4.63. The van der Waals surface area contributed by atoms with Crippen LogP contribution in [0.25, 0.3) is 0 Å². The van der Waals surface area contributed by atoms with E-state index in [1.807, 2.05) is 4.90 Å². The molecule has 3 rings (SSSR count). The number of nitrogens with one attached hydrogen (secondary N) is 1. The zero-order chi connectivity index (χ0) is 17.8. The molecular formula is C19H30N2O4. The van der Waals surface area contributed by atoms with E-state index in [-0.39, 0.29) is 29.7 Å². The first-order valence-corrected chi connectivity index (χ1v) is 9.87. The second-order valence-electron chi connectivity index (χ2n) is 7.99. The predicted molar refractivity (Wildman–Crippen MR) is 92.8 cm³/mol. The first kappa shape index (κ1) is 18.2. The van der Waals surface area contributed by atoms with Crippen LogP contribution in [0.1, 0.15) is 70.6 Å². The number of aliphatic carboxylic acids is 1. The summed E-state index contributed by atoms with van der Waals surface area (Å²) >= 11 is 0. The van der Waals surface area contributed by atoms with Gasteiger partial charge in [0, 0.05) is 25.0 Å². The second kappa shape index (κ2) is 8.19. The van der Waals surface area contributed by atoms with Gasteiger partial charge in [-0.15, -0.1) is 0 Å². The summed E-state index contributed by atoms with van der Waals surface area (Å²) in [6.07, 6.45) is 10.0. The molecule has 0 unspecified atom stereocenters. The van der Waals surface area contributed by atoms with E-state index >= 15 is 0 Å². The van der Waals surface area contributed by atoms with E-state index in [2.05, 4.69) is 5.32 Å². The number of carboxylic acids is 1. The van der Waals surface area contributed by atoms with Crippen molar-refractivity contribution >= 4 is 17.8 Å². The zero-order valence-electron chi connectivity index (χ0n) is 14.9. The Kier molecular flexibility index (Phi) is 5.97. The van der Waals surface area contributed by atoms with Gasteiger partial charge in [0.25, 0.3) is 0 Å². The molecule has 3 fully saturated rings. The topological polar surface area (TPSA) is 86.7 Å². The number of amides is 2. The molecule has 2 N–H and O–H groups in total. The fraction of sp³-hybridized carbons (Fsp3) is 0.842. The SMILES string of the molecule is O=C(O)C1CCC(NC(=O)[C@@H]2CC(=O)N(C3CCCCCC3)C2)CC1. The van der Waals surface area contributed by atoms with Crippen molar-refractivity contribution in [3.8, 4) is 0 Å². The minimum Gasteiger partial charge on any atom is -0.481 e. The number of hydrogen-bond acceptors (Lipinski definition) is 3. The van der Waals surface area contributed by atoms with Crippen molar-refractivity contribution in [1.29, 1.82) is 0 Å². The normalized spacial score (nSPS) is 31.6. The van der Waals surface area contributed by atoms with E-state index in [0.717, 1.165) is 25.7 Å². The van der Waals surface area contributed by atoms with Crippen molar-refractivity contribution in [3.63, 3.8) is 0 Å². The quantitative estimate of drug-likeness (QED) is 0.762. The van der Waals surface area contributed by atoms with E-state index in [0.29, 0.717) is 31.8 Å². The number of rotatable bonds is 4. The maximum absolute atomic E-state index is 12.6. The van der Waals surface area contributed by atoms with Crippen LogP contribution >= 0.6 is 0 Å². The summed E-state index contributed by atoms with van der Waals surface area (Å²) in [5.74, 6) is -1.14. The maximum atomic E-state index is 12.6. The number of nitrogens with zero attached hydrogens (tertiary/aromatic N) is 1. The Bertz CT molecular complexity index is 506. The average Bonchev–Trinajstić information content (AvgIpc) is 2.81. The number of hydrogen-bond donors (Lipinski definition) is 2. The zero-order valence-corrected chi connectivity index (χ0v) is 14.9. The molecule has 0 radical (unpaired) electrons. The van der Waals surface area contributed by atoms with Gasteiger partial charge < -0.3 is 15.3 Å². The molecule has 0 aromatic carbocycles. The summed E-state index contributed by atoms with van der Waals surface area (Å²) in [5.41, 5.74) is 0. The first-order valence-electron chi connectivity index (χ1n) is 9.87. The van der Waals surface area contributed by atoms with Gasteiger partial charge in [0.1, 0.15) is 0 Å². The van der Waals surface area contributed by atoms with Crippen LogP contribution in [0.5, 0.6) is 0 Å². The summed E-state index contributed by atoms with van der Waals surface area (Å²) in [6.45, 7) is 0.555. The van der Waals surface area contributed by atoms with Crippen molar-refractivity contribution in [2.45, 2.75) is 82.7 Å². The molecule has 0 spiro atoms. The van der Waals surface area contributed by atoms with E-state index in [1.54, 1.807) is 0 Å². The second-order valence-corrected chi connectivity index (χ2v) is 7.99. The van der Waals surface area contributed by atoms with Crippen LogP contribution in [0.15, 0.2) is 0 Å². The summed E-state index contributed by atoms with van der Waals surface area (Å²) in [4.78, 5) is 37.9. The van der Waals surface area contributed by atoms with Crippen molar-refractivity contribution in [2.75, 3.05) is 6.54 Å². The average molecular weight is 350 g/mol. The number of carbonyl (C=O) groups excluding carboxylic acids is 2. The van der Waals surface area contributed by atoms with E-state index in [4.69, 9.17) is 5.11 Å². The highest BCUT2D eigenvalue weighted by atomic mass is 16.4. The third-order valence-electron chi connectivity index (χ3n) is 6.22. The van der Waals surface area contributed by atoms with Crippen LogP contribution in [0.2, 0.25) is 0 Å². The summed E-state index contributed by atoms with van der Waals surface area (Å²) in [6, 6.07) is 0.379. The molecule has 0 bridgehead atoms. The van der Waals surface area contributed by atoms with E-state index in [1.165, 1.54) is 25.7 Å². The lowest BCUT2D eigenvalue weighted by molar-refractivity contribution is -0.143. The maximum Gasteiger partial charge on any atom is 0.306 e. The third-order valence-corrected chi connectivity index (χ3v) is 6.22. The molecule has 2 saturated carbocycles. The highest BCUT2D eigenvalue weighted by molar-refractivity contribution is 5.89. The van der Waals surface area contributed by atoms with E-state index < -0.39 is 5.97 Å². The van der Waals surface area contributed by atoms with Crippen LogP contribution < -0.4 is 5.32 Å². The summed E-state index contributed by atoms with van der Waals surface area (Å²) in [5, 5.41) is 12.1. The number of carboxylic acid groups (broad SMARTS) is 1. The lowest BCUT2D eigenvalue weighted by Crippen LogP contribution is -2.43. The first-order chi connectivity index (χ1) is 12.0. The fourth-order valence-corrected chi connectivity index (χ4v) is 4.63.